The number of nitrogens with zero attached hydrogens (tertiary/aromatic N) is 4. The third-order valence-electron chi connectivity index (χ3n) is 7.51. The Morgan fingerprint density at radius 2 is 2.02 bits per heavy atom. The Bertz CT molecular complexity index is 1670. The molecule has 15 heteroatoms. The van der Waals surface area contributed by atoms with Gasteiger partial charge in [-0.3, -0.25) is 24.2 Å². The number of rotatable bonds is 11. The molecule has 1 aromatic heterocycles. The lowest BCUT2D eigenvalue weighted by molar-refractivity contribution is -0.133. The van der Waals surface area contributed by atoms with Gasteiger partial charge >= 0.3 is 0 Å². The maximum Gasteiger partial charge on any atom is 0.252 e. The van der Waals surface area contributed by atoms with Gasteiger partial charge in [0.1, 0.15) is 17.9 Å². The lowest BCUT2D eigenvalue weighted by atomic mass is 9.87. The number of amides is 3. The number of benzene rings is 1. The number of primary sulfonamides is 1. The molecule has 11 nitrogen and oxygen atoms in total. The van der Waals surface area contributed by atoms with Gasteiger partial charge in [0.25, 0.3) is 11.8 Å². The fourth-order valence-corrected chi connectivity index (χ4v) is 5.99. The van der Waals surface area contributed by atoms with Crippen LogP contribution in [0.3, 0.4) is 0 Å². The van der Waals surface area contributed by atoms with Crippen LogP contribution in [0.25, 0.3) is 0 Å². The summed E-state index contributed by atoms with van der Waals surface area (Å²) in [5.74, 6) is -5.40. The third kappa shape index (κ3) is 7.91. The lowest BCUT2D eigenvalue weighted by Gasteiger charge is -2.40. The Kier molecular flexibility index (Phi) is 10.4. The van der Waals surface area contributed by atoms with Crippen LogP contribution < -0.4 is 20.3 Å². The molecule has 0 bridgehead atoms. The molecule has 0 spiro atoms. The highest BCUT2D eigenvalue weighted by Gasteiger charge is 2.48. The lowest BCUT2D eigenvalue weighted by Crippen LogP contribution is -2.60. The number of aromatic nitrogens is 1. The van der Waals surface area contributed by atoms with Gasteiger partial charge in [0, 0.05) is 49.0 Å². The first-order chi connectivity index (χ1) is 21.3. The van der Waals surface area contributed by atoms with Crippen molar-refractivity contribution in [3.63, 3.8) is 0 Å². The number of carbonyl (C=O) groups is 3. The second-order valence-corrected chi connectivity index (χ2v) is 12.7. The van der Waals surface area contributed by atoms with Gasteiger partial charge in [0.15, 0.2) is 0 Å². The van der Waals surface area contributed by atoms with Crippen LogP contribution in [0.15, 0.2) is 71.8 Å². The first-order valence-corrected chi connectivity index (χ1v) is 16.1. The molecule has 1 saturated heterocycles. The number of anilines is 2. The van der Waals surface area contributed by atoms with Crippen molar-refractivity contribution in [3.8, 4) is 6.07 Å². The van der Waals surface area contributed by atoms with E-state index in [2.05, 4.69) is 10.3 Å². The van der Waals surface area contributed by atoms with Gasteiger partial charge < -0.3 is 5.32 Å². The van der Waals surface area contributed by atoms with Crippen LogP contribution >= 0.6 is 11.6 Å². The molecule has 1 aliphatic carbocycles. The molecule has 4 rings (SSSR count). The minimum absolute atomic E-state index is 0.0212. The van der Waals surface area contributed by atoms with Crippen molar-refractivity contribution in [1.29, 1.82) is 5.26 Å². The van der Waals surface area contributed by atoms with E-state index in [0.29, 0.717) is 0 Å². The molecule has 1 saturated carbocycles. The predicted octanol–water partition coefficient (Wildman–Crippen LogP) is 3.40. The standard InChI is InChI=1S/C30H31ClF2N6O5S/c1-19(6-3-2-4-12-31)27(28(41)37-21-16-30(32,33)17-21)38(22-7-5-8-23(15-22)45(35,43)44)29(42)24-9-10-26(40)39(24)25-14-20(18-34)11-13-36-25/h2-8,11,13-15,19,21,24,27H,9-10,12,16-17H2,1H3,(H,37,41)(H2,35,43,44)/b4-2-,6-3-/t19?,24-,27-/m0/s1. The van der Waals surface area contributed by atoms with Crippen molar-refractivity contribution in [3.05, 3.63) is 72.5 Å². The Labute approximate surface area is 264 Å². The number of carbonyl (C=O) groups excluding carboxylic acids is 3. The van der Waals surface area contributed by atoms with E-state index in [-0.39, 0.29) is 40.7 Å². The van der Waals surface area contributed by atoms with Gasteiger partial charge in [-0.15, -0.1) is 11.6 Å². The summed E-state index contributed by atoms with van der Waals surface area (Å²) in [5, 5.41) is 17.4. The van der Waals surface area contributed by atoms with Crippen LogP contribution in [-0.4, -0.2) is 61.1 Å². The number of hydrogen-bond donors (Lipinski definition) is 2. The maximum atomic E-state index is 14.6. The van der Waals surface area contributed by atoms with E-state index in [1.165, 1.54) is 36.5 Å². The summed E-state index contributed by atoms with van der Waals surface area (Å²) in [7, 11) is -4.25. The van der Waals surface area contributed by atoms with Crippen LogP contribution in [0.5, 0.6) is 0 Å². The van der Waals surface area contributed by atoms with Gasteiger partial charge in [0.2, 0.25) is 21.8 Å². The summed E-state index contributed by atoms with van der Waals surface area (Å²) in [4.78, 5) is 47.6. The first kappa shape index (κ1) is 33.7. The molecule has 1 aliphatic heterocycles. The van der Waals surface area contributed by atoms with Crippen LogP contribution in [-0.2, 0) is 24.4 Å². The van der Waals surface area contributed by atoms with Gasteiger partial charge in [0.05, 0.1) is 16.5 Å². The molecule has 2 fully saturated rings. The average molecular weight is 661 g/mol. The predicted molar refractivity (Wildman–Crippen MR) is 163 cm³/mol. The Hall–Kier alpha value is -4.19. The second-order valence-electron chi connectivity index (χ2n) is 10.8. The summed E-state index contributed by atoms with van der Waals surface area (Å²) in [6, 6.07) is 6.40. The molecule has 3 N–H and O–H groups in total. The highest BCUT2D eigenvalue weighted by molar-refractivity contribution is 7.89. The van der Waals surface area contributed by atoms with E-state index < -0.39 is 70.6 Å². The largest absolute Gasteiger partial charge is 0.351 e. The number of alkyl halides is 3. The zero-order valence-electron chi connectivity index (χ0n) is 24.1. The number of pyridine rings is 1. The number of sulfonamides is 1. The summed E-state index contributed by atoms with van der Waals surface area (Å²) < 4.78 is 51.9. The molecule has 45 heavy (non-hydrogen) atoms. The fourth-order valence-electron chi connectivity index (χ4n) is 5.34. The fraction of sp³-hybridized carbons (Fsp3) is 0.367. The topological polar surface area (TPSA) is 167 Å². The normalized spacial score (nSPS) is 19.7. The van der Waals surface area contributed by atoms with Crippen LogP contribution in [0.1, 0.15) is 38.2 Å². The molecule has 3 atom stereocenters. The van der Waals surface area contributed by atoms with Crippen molar-refractivity contribution in [2.24, 2.45) is 11.1 Å². The maximum absolute atomic E-state index is 14.6. The van der Waals surface area contributed by atoms with E-state index in [4.69, 9.17) is 16.7 Å². The molecular weight excluding hydrogens is 630 g/mol. The van der Waals surface area contributed by atoms with E-state index >= 15 is 0 Å². The minimum Gasteiger partial charge on any atom is -0.351 e. The summed E-state index contributed by atoms with van der Waals surface area (Å²) in [6.07, 6.45) is 6.63. The molecule has 1 aromatic carbocycles. The van der Waals surface area contributed by atoms with Crippen LogP contribution in [0.4, 0.5) is 20.3 Å². The molecular formula is C30H31ClF2N6O5S. The summed E-state index contributed by atoms with van der Waals surface area (Å²) in [6.45, 7) is 1.63. The van der Waals surface area contributed by atoms with Gasteiger partial charge in [-0.1, -0.05) is 37.3 Å². The zero-order valence-corrected chi connectivity index (χ0v) is 25.7. The summed E-state index contributed by atoms with van der Waals surface area (Å²) in [5.41, 5.74) is 0.169. The monoisotopic (exact) mass is 660 g/mol. The number of hydrogen-bond acceptors (Lipinski definition) is 7. The molecule has 2 heterocycles. The van der Waals surface area contributed by atoms with Crippen molar-refractivity contribution >= 4 is 50.9 Å². The number of halogens is 3. The second kappa shape index (κ2) is 13.8. The smallest absolute Gasteiger partial charge is 0.252 e. The molecule has 3 amide bonds. The number of nitrogens with two attached hydrogens (primary N) is 1. The Morgan fingerprint density at radius 3 is 2.67 bits per heavy atom. The van der Waals surface area contributed by atoms with Crippen molar-refractivity contribution in [2.75, 3.05) is 15.7 Å². The van der Waals surface area contributed by atoms with E-state index in [0.717, 1.165) is 15.9 Å². The van der Waals surface area contributed by atoms with E-state index in [1.807, 2.05) is 6.07 Å². The van der Waals surface area contributed by atoms with Crippen LogP contribution in [0.2, 0.25) is 0 Å². The molecule has 0 radical (unpaired) electrons. The Morgan fingerprint density at radius 1 is 1.29 bits per heavy atom. The Balaban J connectivity index is 1.84. The van der Waals surface area contributed by atoms with Crippen molar-refractivity contribution in [1.82, 2.24) is 10.3 Å². The number of allylic oxidation sites excluding steroid dienone is 3. The van der Waals surface area contributed by atoms with Gasteiger partial charge in [-0.05, 0) is 36.8 Å². The minimum atomic E-state index is -4.25. The summed E-state index contributed by atoms with van der Waals surface area (Å²) >= 11 is 5.71. The number of nitrogens with one attached hydrogen (secondary N) is 1. The van der Waals surface area contributed by atoms with Gasteiger partial charge in [-0.25, -0.2) is 27.3 Å². The quantitative estimate of drug-likeness (QED) is 0.275. The highest BCUT2D eigenvalue weighted by Crippen LogP contribution is 2.38. The SMILES string of the molecule is CC(/C=C\C=C/CCl)[C@@H](C(=O)NC1CC(F)(F)C1)N(C(=O)[C@@H]1CCC(=O)N1c1cc(C#N)ccn1)c1cccc(S(N)(=O)=O)c1. The molecule has 2 aliphatic rings. The van der Waals surface area contributed by atoms with Crippen molar-refractivity contribution in [2.45, 2.75) is 61.6 Å². The molecule has 2 aromatic rings. The molecule has 1 unspecified atom stereocenters. The number of nitriles is 1. The first-order valence-electron chi connectivity index (χ1n) is 14.0. The van der Waals surface area contributed by atoms with Gasteiger partial charge in [-0.2, -0.15) is 5.26 Å². The highest BCUT2D eigenvalue weighted by atomic mass is 35.5. The average Bonchev–Trinajstić information content (AvgIpc) is 3.37. The third-order valence-corrected chi connectivity index (χ3v) is 8.60. The van der Waals surface area contributed by atoms with Crippen LogP contribution in [0, 0.1) is 17.2 Å². The van der Waals surface area contributed by atoms with E-state index in [9.17, 15) is 36.8 Å². The zero-order chi connectivity index (χ0) is 32.9. The van der Waals surface area contributed by atoms with E-state index in [1.54, 1.807) is 31.2 Å². The molecule has 238 valence electrons. The van der Waals surface area contributed by atoms with Crippen molar-refractivity contribution < 1.29 is 31.6 Å².